The SMILES string of the molecule is CCS(=O)(=O)c1ccc2oc(SCC(=O)Nc3cccc(F)c3)nc2c1. The normalized spacial score (nSPS) is 11.6. The van der Waals surface area contributed by atoms with Gasteiger partial charge in [-0.2, -0.15) is 0 Å². The van der Waals surface area contributed by atoms with Crippen molar-refractivity contribution in [3.05, 3.63) is 48.3 Å². The standard InChI is InChI=1S/C17H15FN2O4S2/c1-2-26(22,23)13-6-7-15-14(9-13)20-17(24-15)25-10-16(21)19-12-5-3-4-11(18)8-12/h3-9H,2,10H2,1H3,(H,19,21). The lowest BCUT2D eigenvalue weighted by molar-refractivity contribution is -0.113. The van der Waals surface area contributed by atoms with Gasteiger partial charge in [-0.15, -0.1) is 0 Å². The Labute approximate surface area is 153 Å². The second-order valence-corrected chi connectivity index (χ2v) is 8.56. The van der Waals surface area contributed by atoms with Crippen LogP contribution in [-0.2, 0) is 14.6 Å². The second kappa shape index (κ2) is 7.46. The number of carbonyl (C=O) groups excluding carboxylic acids is 1. The number of sulfone groups is 1. The molecular weight excluding hydrogens is 379 g/mol. The molecule has 0 unspecified atom stereocenters. The van der Waals surface area contributed by atoms with Gasteiger partial charge in [0.2, 0.25) is 5.91 Å². The van der Waals surface area contributed by atoms with Crippen molar-refractivity contribution in [2.75, 3.05) is 16.8 Å². The fourth-order valence-corrected chi connectivity index (χ4v) is 3.74. The van der Waals surface area contributed by atoms with Crippen molar-refractivity contribution in [3.8, 4) is 0 Å². The first-order valence-corrected chi connectivity index (χ1v) is 10.3. The molecule has 0 saturated heterocycles. The van der Waals surface area contributed by atoms with E-state index in [1.807, 2.05) is 0 Å². The number of thioether (sulfide) groups is 1. The number of nitrogens with one attached hydrogen (secondary N) is 1. The van der Waals surface area contributed by atoms with Gasteiger partial charge in [-0.1, -0.05) is 24.8 Å². The third kappa shape index (κ3) is 4.23. The van der Waals surface area contributed by atoms with Crippen LogP contribution in [0.1, 0.15) is 6.92 Å². The Morgan fingerprint density at radius 1 is 1.27 bits per heavy atom. The number of rotatable bonds is 6. The van der Waals surface area contributed by atoms with Gasteiger partial charge in [0.15, 0.2) is 15.4 Å². The molecule has 6 nitrogen and oxygen atoms in total. The van der Waals surface area contributed by atoms with Crippen molar-refractivity contribution < 1.29 is 22.0 Å². The molecule has 2 aromatic carbocycles. The van der Waals surface area contributed by atoms with E-state index in [1.54, 1.807) is 19.1 Å². The number of nitrogens with zero attached hydrogens (tertiary/aromatic N) is 1. The van der Waals surface area contributed by atoms with Gasteiger partial charge in [0, 0.05) is 5.69 Å². The predicted molar refractivity (Wildman–Crippen MR) is 97.5 cm³/mol. The summed E-state index contributed by atoms with van der Waals surface area (Å²) in [4.78, 5) is 16.3. The van der Waals surface area contributed by atoms with Crippen LogP contribution in [0.2, 0.25) is 0 Å². The minimum absolute atomic E-state index is 0.00177. The van der Waals surface area contributed by atoms with Crippen LogP contribution in [0.25, 0.3) is 11.1 Å². The molecular formula is C17H15FN2O4S2. The van der Waals surface area contributed by atoms with E-state index in [9.17, 15) is 17.6 Å². The Morgan fingerprint density at radius 2 is 2.08 bits per heavy atom. The van der Waals surface area contributed by atoms with Crippen molar-refractivity contribution in [2.24, 2.45) is 0 Å². The van der Waals surface area contributed by atoms with Crippen LogP contribution in [0.4, 0.5) is 10.1 Å². The Hall–Kier alpha value is -2.39. The van der Waals surface area contributed by atoms with Gasteiger partial charge >= 0.3 is 0 Å². The summed E-state index contributed by atoms with van der Waals surface area (Å²) in [5.41, 5.74) is 1.21. The molecule has 0 bridgehead atoms. The molecule has 9 heteroatoms. The number of hydrogen-bond donors (Lipinski definition) is 1. The average molecular weight is 394 g/mol. The van der Waals surface area contributed by atoms with Crippen LogP contribution < -0.4 is 5.32 Å². The molecule has 0 aliphatic rings. The zero-order valence-corrected chi connectivity index (χ0v) is 15.4. The van der Waals surface area contributed by atoms with E-state index in [-0.39, 0.29) is 27.5 Å². The summed E-state index contributed by atoms with van der Waals surface area (Å²) in [7, 11) is -3.33. The minimum Gasteiger partial charge on any atom is -0.431 e. The number of aromatic nitrogens is 1. The van der Waals surface area contributed by atoms with Crippen LogP contribution in [0, 0.1) is 5.82 Å². The van der Waals surface area contributed by atoms with Crippen LogP contribution in [0.5, 0.6) is 0 Å². The zero-order chi connectivity index (χ0) is 18.7. The highest BCUT2D eigenvalue weighted by atomic mass is 32.2. The number of amides is 1. The summed E-state index contributed by atoms with van der Waals surface area (Å²) in [5, 5.41) is 2.83. The molecule has 1 N–H and O–H groups in total. The Balaban J connectivity index is 1.68. The molecule has 0 saturated carbocycles. The monoisotopic (exact) mass is 394 g/mol. The third-order valence-electron chi connectivity index (χ3n) is 3.51. The Morgan fingerprint density at radius 3 is 2.81 bits per heavy atom. The maximum atomic E-state index is 13.1. The van der Waals surface area contributed by atoms with Crippen molar-refractivity contribution in [1.82, 2.24) is 4.98 Å². The first-order valence-electron chi connectivity index (χ1n) is 7.69. The smallest absolute Gasteiger partial charge is 0.257 e. The van der Waals surface area contributed by atoms with Gasteiger partial charge in [-0.05, 0) is 36.4 Å². The number of hydrogen-bond acceptors (Lipinski definition) is 6. The van der Waals surface area contributed by atoms with E-state index in [0.717, 1.165) is 11.8 Å². The molecule has 1 heterocycles. The van der Waals surface area contributed by atoms with Gasteiger partial charge < -0.3 is 9.73 Å². The number of anilines is 1. The van der Waals surface area contributed by atoms with Crippen LogP contribution in [0.3, 0.4) is 0 Å². The molecule has 0 aliphatic heterocycles. The number of halogens is 1. The maximum Gasteiger partial charge on any atom is 0.257 e. The lowest BCUT2D eigenvalue weighted by Crippen LogP contribution is -2.14. The van der Waals surface area contributed by atoms with Gasteiger partial charge in [0.05, 0.1) is 16.4 Å². The quantitative estimate of drug-likeness (QED) is 0.644. The number of benzene rings is 2. The van der Waals surface area contributed by atoms with Gasteiger partial charge in [0.1, 0.15) is 11.3 Å². The van der Waals surface area contributed by atoms with E-state index in [1.165, 1.54) is 30.3 Å². The molecule has 3 aromatic rings. The van der Waals surface area contributed by atoms with E-state index < -0.39 is 15.7 Å². The summed E-state index contributed by atoms with van der Waals surface area (Å²) in [5.74, 6) is -0.758. The lowest BCUT2D eigenvalue weighted by Gasteiger charge is -2.03. The minimum atomic E-state index is -3.33. The van der Waals surface area contributed by atoms with Crippen LogP contribution in [-0.4, -0.2) is 30.8 Å². The summed E-state index contributed by atoms with van der Waals surface area (Å²) in [6.07, 6.45) is 0. The van der Waals surface area contributed by atoms with Crippen molar-refractivity contribution >= 4 is 44.3 Å². The summed E-state index contributed by atoms with van der Waals surface area (Å²) < 4.78 is 42.5. The molecule has 0 fully saturated rings. The van der Waals surface area contributed by atoms with Crippen molar-refractivity contribution in [1.29, 1.82) is 0 Å². The van der Waals surface area contributed by atoms with Gasteiger partial charge in [0.25, 0.3) is 5.22 Å². The van der Waals surface area contributed by atoms with Crippen LogP contribution >= 0.6 is 11.8 Å². The lowest BCUT2D eigenvalue weighted by atomic mass is 10.3. The summed E-state index contributed by atoms with van der Waals surface area (Å²) in [6, 6.07) is 10.1. The zero-order valence-electron chi connectivity index (χ0n) is 13.7. The first kappa shape index (κ1) is 18.4. The summed E-state index contributed by atoms with van der Waals surface area (Å²) >= 11 is 1.06. The Bertz CT molecular complexity index is 1060. The van der Waals surface area contributed by atoms with E-state index in [0.29, 0.717) is 16.8 Å². The highest BCUT2D eigenvalue weighted by Crippen LogP contribution is 2.26. The van der Waals surface area contributed by atoms with Crippen molar-refractivity contribution in [3.63, 3.8) is 0 Å². The maximum absolute atomic E-state index is 13.1. The first-order chi connectivity index (χ1) is 12.4. The van der Waals surface area contributed by atoms with Gasteiger partial charge in [-0.25, -0.2) is 17.8 Å². The molecule has 0 aliphatic carbocycles. The number of carbonyl (C=O) groups is 1. The number of oxazole rings is 1. The second-order valence-electron chi connectivity index (χ2n) is 5.36. The average Bonchev–Trinajstić information content (AvgIpc) is 3.02. The van der Waals surface area contributed by atoms with E-state index in [2.05, 4.69) is 10.3 Å². The highest BCUT2D eigenvalue weighted by molar-refractivity contribution is 7.99. The van der Waals surface area contributed by atoms with Gasteiger partial charge in [-0.3, -0.25) is 4.79 Å². The Kier molecular flexibility index (Phi) is 5.28. The van der Waals surface area contributed by atoms with E-state index in [4.69, 9.17) is 4.42 Å². The molecule has 0 radical (unpaired) electrons. The third-order valence-corrected chi connectivity index (χ3v) is 6.07. The molecule has 1 aromatic heterocycles. The fourth-order valence-electron chi connectivity index (χ4n) is 2.20. The predicted octanol–water partition coefficient (Wildman–Crippen LogP) is 3.49. The topological polar surface area (TPSA) is 89.3 Å². The fraction of sp³-hybridized carbons (Fsp3) is 0.176. The number of fused-ring (bicyclic) bond motifs is 1. The molecule has 0 atom stereocenters. The largest absolute Gasteiger partial charge is 0.431 e. The molecule has 26 heavy (non-hydrogen) atoms. The molecule has 0 spiro atoms. The molecule has 3 rings (SSSR count). The van der Waals surface area contributed by atoms with Crippen LogP contribution in [0.15, 0.2) is 57.0 Å². The molecule has 136 valence electrons. The van der Waals surface area contributed by atoms with E-state index >= 15 is 0 Å². The molecule has 1 amide bonds. The summed E-state index contributed by atoms with van der Waals surface area (Å²) in [6.45, 7) is 1.57. The van der Waals surface area contributed by atoms with Crippen molar-refractivity contribution in [2.45, 2.75) is 17.0 Å². The highest BCUT2D eigenvalue weighted by Gasteiger charge is 2.15.